The SMILES string of the molecule is CCCCCCC(NCC)c1ccc(F)cc1Br. The first-order valence-corrected chi connectivity index (χ1v) is 7.66. The van der Waals surface area contributed by atoms with Gasteiger partial charge >= 0.3 is 0 Å². The molecule has 102 valence electrons. The maximum Gasteiger partial charge on any atom is 0.124 e. The van der Waals surface area contributed by atoms with Crippen LogP contribution >= 0.6 is 15.9 Å². The third kappa shape index (κ3) is 5.07. The minimum absolute atomic E-state index is 0.188. The van der Waals surface area contributed by atoms with Crippen molar-refractivity contribution >= 4 is 15.9 Å². The lowest BCUT2D eigenvalue weighted by atomic mass is 10.00. The molecule has 1 N–H and O–H groups in total. The van der Waals surface area contributed by atoms with E-state index in [1.807, 2.05) is 6.07 Å². The van der Waals surface area contributed by atoms with Crippen molar-refractivity contribution in [2.24, 2.45) is 0 Å². The molecule has 0 saturated heterocycles. The predicted molar refractivity (Wildman–Crippen MR) is 79.3 cm³/mol. The van der Waals surface area contributed by atoms with E-state index in [1.165, 1.54) is 31.7 Å². The fraction of sp³-hybridized carbons (Fsp3) is 0.600. The average molecular weight is 316 g/mol. The van der Waals surface area contributed by atoms with Crippen LogP contribution in [0.1, 0.15) is 57.6 Å². The molecule has 1 unspecified atom stereocenters. The Hall–Kier alpha value is -0.410. The smallest absolute Gasteiger partial charge is 0.124 e. The first-order valence-electron chi connectivity index (χ1n) is 6.87. The van der Waals surface area contributed by atoms with Crippen LogP contribution in [0.5, 0.6) is 0 Å². The van der Waals surface area contributed by atoms with Gasteiger partial charge in [0.25, 0.3) is 0 Å². The van der Waals surface area contributed by atoms with Crippen LogP contribution in [-0.4, -0.2) is 6.54 Å². The standard InChI is InChI=1S/C15H23BrFN/c1-3-5-6-7-8-15(18-4-2)13-10-9-12(17)11-14(13)16/h9-11,15,18H,3-8H2,1-2H3. The first kappa shape index (κ1) is 15.6. The second kappa shape index (κ2) is 8.65. The molecule has 3 heteroatoms. The van der Waals surface area contributed by atoms with Gasteiger partial charge in [-0.15, -0.1) is 0 Å². The normalized spacial score (nSPS) is 12.7. The largest absolute Gasteiger partial charge is 0.310 e. The summed E-state index contributed by atoms with van der Waals surface area (Å²) in [5.41, 5.74) is 1.16. The third-order valence-corrected chi connectivity index (χ3v) is 3.82. The molecule has 1 aromatic rings. The van der Waals surface area contributed by atoms with Crippen molar-refractivity contribution in [1.82, 2.24) is 5.32 Å². The van der Waals surface area contributed by atoms with E-state index < -0.39 is 0 Å². The van der Waals surface area contributed by atoms with Crippen LogP contribution < -0.4 is 5.32 Å². The lowest BCUT2D eigenvalue weighted by Gasteiger charge is -2.19. The zero-order valence-corrected chi connectivity index (χ0v) is 12.9. The van der Waals surface area contributed by atoms with E-state index in [2.05, 4.69) is 35.1 Å². The summed E-state index contributed by atoms with van der Waals surface area (Å²) < 4.78 is 14.0. The number of hydrogen-bond donors (Lipinski definition) is 1. The molecule has 0 spiro atoms. The van der Waals surface area contributed by atoms with E-state index in [0.29, 0.717) is 6.04 Å². The van der Waals surface area contributed by atoms with Crippen molar-refractivity contribution in [2.45, 2.75) is 52.0 Å². The number of benzene rings is 1. The molecule has 0 fully saturated rings. The Labute approximate surface area is 118 Å². The molecule has 1 rings (SSSR count). The number of halogens is 2. The molecule has 0 aliphatic rings. The highest BCUT2D eigenvalue weighted by Crippen LogP contribution is 2.28. The fourth-order valence-electron chi connectivity index (χ4n) is 2.17. The summed E-state index contributed by atoms with van der Waals surface area (Å²) in [6.45, 7) is 5.26. The van der Waals surface area contributed by atoms with Gasteiger partial charge in [0.05, 0.1) is 0 Å². The van der Waals surface area contributed by atoms with Crippen molar-refractivity contribution in [3.63, 3.8) is 0 Å². The van der Waals surface area contributed by atoms with E-state index in [0.717, 1.165) is 23.0 Å². The van der Waals surface area contributed by atoms with E-state index in [1.54, 1.807) is 6.07 Å². The Balaban J connectivity index is 2.64. The molecule has 1 aromatic carbocycles. The summed E-state index contributed by atoms with van der Waals surface area (Å²) in [4.78, 5) is 0. The second-order valence-corrected chi connectivity index (χ2v) is 5.48. The molecular weight excluding hydrogens is 293 g/mol. The minimum Gasteiger partial charge on any atom is -0.310 e. The van der Waals surface area contributed by atoms with Crippen molar-refractivity contribution in [3.8, 4) is 0 Å². The van der Waals surface area contributed by atoms with Crippen LogP contribution in [0.2, 0.25) is 0 Å². The zero-order valence-electron chi connectivity index (χ0n) is 11.3. The maximum absolute atomic E-state index is 13.1. The molecule has 1 atom stereocenters. The van der Waals surface area contributed by atoms with Gasteiger partial charge in [-0.25, -0.2) is 4.39 Å². The highest BCUT2D eigenvalue weighted by molar-refractivity contribution is 9.10. The summed E-state index contributed by atoms with van der Waals surface area (Å²) in [7, 11) is 0. The van der Waals surface area contributed by atoms with Crippen LogP contribution in [0, 0.1) is 5.82 Å². The molecule has 0 aromatic heterocycles. The average Bonchev–Trinajstić information content (AvgIpc) is 2.34. The molecule has 0 heterocycles. The van der Waals surface area contributed by atoms with Crippen molar-refractivity contribution in [1.29, 1.82) is 0 Å². The van der Waals surface area contributed by atoms with Crippen LogP contribution in [0.3, 0.4) is 0 Å². The number of nitrogens with one attached hydrogen (secondary N) is 1. The highest BCUT2D eigenvalue weighted by atomic mass is 79.9. The van der Waals surface area contributed by atoms with Gasteiger partial charge in [-0.05, 0) is 30.7 Å². The fourth-order valence-corrected chi connectivity index (χ4v) is 2.80. The summed E-state index contributed by atoms with van der Waals surface area (Å²) in [6.07, 6.45) is 6.15. The molecular formula is C15H23BrFN. The number of rotatable bonds is 8. The Morgan fingerprint density at radius 1 is 1.22 bits per heavy atom. The second-order valence-electron chi connectivity index (χ2n) is 4.63. The lowest BCUT2D eigenvalue weighted by molar-refractivity contribution is 0.479. The van der Waals surface area contributed by atoms with Gasteiger partial charge < -0.3 is 5.32 Å². The summed E-state index contributed by atoms with van der Waals surface area (Å²) in [5, 5.41) is 3.48. The number of hydrogen-bond acceptors (Lipinski definition) is 1. The van der Waals surface area contributed by atoms with Crippen LogP contribution in [-0.2, 0) is 0 Å². The van der Waals surface area contributed by atoms with E-state index in [4.69, 9.17) is 0 Å². The highest BCUT2D eigenvalue weighted by Gasteiger charge is 2.13. The van der Waals surface area contributed by atoms with Crippen molar-refractivity contribution in [3.05, 3.63) is 34.1 Å². The Bertz CT molecular complexity index is 354. The van der Waals surface area contributed by atoms with Crippen molar-refractivity contribution in [2.75, 3.05) is 6.54 Å². The Morgan fingerprint density at radius 3 is 2.61 bits per heavy atom. The molecule has 1 nitrogen and oxygen atoms in total. The molecule has 0 saturated carbocycles. The van der Waals surface area contributed by atoms with Crippen LogP contribution in [0.4, 0.5) is 4.39 Å². The first-order chi connectivity index (χ1) is 8.69. The van der Waals surface area contributed by atoms with Gasteiger partial charge in [-0.1, -0.05) is 61.5 Å². The van der Waals surface area contributed by atoms with Gasteiger partial charge in [-0.3, -0.25) is 0 Å². The molecule has 0 amide bonds. The topological polar surface area (TPSA) is 12.0 Å². The quantitative estimate of drug-likeness (QED) is 0.649. The summed E-state index contributed by atoms with van der Waals surface area (Å²) >= 11 is 3.46. The molecule has 0 bridgehead atoms. The summed E-state index contributed by atoms with van der Waals surface area (Å²) in [6, 6.07) is 5.29. The van der Waals surface area contributed by atoms with Crippen molar-refractivity contribution < 1.29 is 4.39 Å². The summed E-state index contributed by atoms with van der Waals surface area (Å²) in [5.74, 6) is -0.188. The zero-order chi connectivity index (χ0) is 13.4. The van der Waals surface area contributed by atoms with Crippen LogP contribution in [0.25, 0.3) is 0 Å². The Morgan fingerprint density at radius 2 is 2.00 bits per heavy atom. The third-order valence-electron chi connectivity index (χ3n) is 3.13. The predicted octanol–water partition coefficient (Wildman–Crippen LogP) is 5.21. The minimum atomic E-state index is -0.188. The lowest BCUT2D eigenvalue weighted by Crippen LogP contribution is -2.21. The van der Waals surface area contributed by atoms with E-state index >= 15 is 0 Å². The molecule has 18 heavy (non-hydrogen) atoms. The van der Waals surface area contributed by atoms with Gasteiger partial charge in [0.15, 0.2) is 0 Å². The Kier molecular flexibility index (Phi) is 7.52. The van der Waals surface area contributed by atoms with Gasteiger partial charge in [-0.2, -0.15) is 0 Å². The van der Waals surface area contributed by atoms with Gasteiger partial charge in [0, 0.05) is 10.5 Å². The van der Waals surface area contributed by atoms with Gasteiger partial charge in [0.1, 0.15) is 5.82 Å². The molecule has 0 radical (unpaired) electrons. The van der Waals surface area contributed by atoms with E-state index in [-0.39, 0.29) is 5.82 Å². The number of unbranched alkanes of at least 4 members (excludes halogenated alkanes) is 3. The maximum atomic E-state index is 13.1. The monoisotopic (exact) mass is 315 g/mol. The van der Waals surface area contributed by atoms with Gasteiger partial charge in [0.2, 0.25) is 0 Å². The van der Waals surface area contributed by atoms with E-state index in [9.17, 15) is 4.39 Å². The molecule has 0 aliphatic carbocycles. The molecule has 0 aliphatic heterocycles. The van der Waals surface area contributed by atoms with Crippen LogP contribution in [0.15, 0.2) is 22.7 Å².